The molecule has 9 heteroatoms. The molecule has 1 aromatic heterocycles. The second-order valence-corrected chi connectivity index (χ2v) is 10.5. The Balaban J connectivity index is 0.00000312. The summed E-state index contributed by atoms with van der Waals surface area (Å²) < 4.78 is 27.2. The number of hydrogen-bond donors (Lipinski definition) is 2. The third-order valence-electron chi connectivity index (χ3n) is 4.16. The second-order valence-electron chi connectivity index (χ2n) is 7.14. The van der Waals surface area contributed by atoms with Gasteiger partial charge in [-0.25, -0.2) is 8.42 Å². The van der Waals surface area contributed by atoms with Gasteiger partial charge in [-0.1, -0.05) is 20.8 Å². The number of halogens is 1. The lowest BCUT2D eigenvalue weighted by Crippen LogP contribution is -2.37. The number of rotatable bonds is 6. The molecule has 1 aromatic rings. The Labute approximate surface area is 160 Å². The first-order chi connectivity index (χ1) is 11.1. The molecule has 1 aliphatic rings. The van der Waals surface area contributed by atoms with E-state index in [1.54, 1.807) is 13.1 Å². The predicted octanol–water partition coefficient (Wildman–Crippen LogP) is 1.86. The molecule has 0 saturated carbocycles. The van der Waals surface area contributed by atoms with Gasteiger partial charge in [-0.2, -0.15) is 4.31 Å². The lowest BCUT2D eigenvalue weighted by atomic mass is 9.96. The Kier molecular flexibility index (Phi) is 7.89. The van der Waals surface area contributed by atoms with Crippen LogP contribution in [0.5, 0.6) is 0 Å². The average molecular weight is 410 g/mol. The van der Waals surface area contributed by atoms with Gasteiger partial charge < -0.3 is 10.6 Å². The van der Waals surface area contributed by atoms with Crippen molar-refractivity contribution >= 4 is 39.7 Å². The fourth-order valence-corrected chi connectivity index (χ4v) is 5.41. The molecule has 1 atom stereocenters. The molecule has 2 heterocycles. The third-order valence-corrected chi connectivity index (χ3v) is 7.68. The largest absolute Gasteiger partial charge is 0.355 e. The van der Waals surface area contributed by atoms with Crippen LogP contribution >= 0.6 is 23.7 Å². The lowest BCUT2D eigenvalue weighted by Gasteiger charge is -2.22. The molecule has 0 spiro atoms. The zero-order chi connectivity index (χ0) is 18.0. The molecule has 1 amide bonds. The summed E-state index contributed by atoms with van der Waals surface area (Å²) in [6.45, 7) is 7.67. The molecule has 0 aliphatic carbocycles. The molecule has 1 fully saturated rings. The standard InChI is InChI=1S/C16H27N3O3S2.ClH/c1-16(2,3)15(20)18-10-8-13-5-6-14(23-13)24(21,22)19(4)12-7-9-17-11-12;/h5-6,12,17H,7-11H2,1-4H3,(H,18,20);1H. The average Bonchev–Trinajstić information content (AvgIpc) is 3.17. The van der Waals surface area contributed by atoms with Gasteiger partial charge in [0.2, 0.25) is 5.91 Å². The maximum atomic E-state index is 12.7. The highest BCUT2D eigenvalue weighted by Crippen LogP contribution is 2.26. The highest BCUT2D eigenvalue weighted by Gasteiger charge is 2.31. The van der Waals surface area contributed by atoms with Gasteiger partial charge in [0.15, 0.2) is 0 Å². The molecule has 25 heavy (non-hydrogen) atoms. The van der Waals surface area contributed by atoms with Gasteiger partial charge >= 0.3 is 0 Å². The summed E-state index contributed by atoms with van der Waals surface area (Å²) in [5.74, 6) is 0.000341. The quantitative estimate of drug-likeness (QED) is 0.751. The smallest absolute Gasteiger partial charge is 0.252 e. The maximum absolute atomic E-state index is 12.7. The van der Waals surface area contributed by atoms with Crippen LogP contribution in [0.4, 0.5) is 0 Å². The number of sulfonamides is 1. The maximum Gasteiger partial charge on any atom is 0.252 e. The number of nitrogens with zero attached hydrogens (tertiary/aromatic N) is 1. The van der Waals surface area contributed by atoms with E-state index in [1.165, 1.54) is 15.6 Å². The summed E-state index contributed by atoms with van der Waals surface area (Å²) in [6.07, 6.45) is 1.48. The molecular weight excluding hydrogens is 382 g/mol. The molecule has 6 nitrogen and oxygen atoms in total. The van der Waals surface area contributed by atoms with Crippen molar-refractivity contribution in [3.8, 4) is 0 Å². The Morgan fingerprint density at radius 1 is 1.40 bits per heavy atom. The molecule has 2 rings (SSSR count). The van der Waals surface area contributed by atoms with Gasteiger partial charge in [-0.3, -0.25) is 4.79 Å². The van der Waals surface area contributed by atoms with Gasteiger partial charge in [0.05, 0.1) is 0 Å². The fraction of sp³-hybridized carbons (Fsp3) is 0.688. The minimum atomic E-state index is -3.44. The van der Waals surface area contributed by atoms with Crippen LogP contribution in [0, 0.1) is 5.41 Å². The predicted molar refractivity (Wildman–Crippen MR) is 104 cm³/mol. The molecule has 1 saturated heterocycles. The summed E-state index contributed by atoms with van der Waals surface area (Å²) in [7, 11) is -1.79. The van der Waals surface area contributed by atoms with Crippen molar-refractivity contribution in [1.82, 2.24) is 14.9 Å². The molecular formula is C16H28ClN3O3S2. The van der Waals surface area contributed by atoms with Crippen molar-refractivity contribution < 1.29 is 13.2 Å². The topological polar surface area (TPSA) is 78.5 Å². The monoisotopic (exact) mass is 409 g/mol. The first-order valence-electron chi connectivity index (χ1n) is 8.18. The van der Waals surface area contributed by atoms with Crippen LogP contribution in [-0.2, 0) is 21.2 Å². The van der Waals surface area contributed by atoms with Crippen LogP contribution in [0.15, 0.2) is 16.3 Å². The van der Waals surface area contributed by atoms with E-state index in [2.05, 4.69) is 10.6 Å². The van der Waals surface area contributed by atoms with Crippen LogP contribution in [0.3, 0.4) is 0 Å². The van der Waals surface area contributed by atoms with Crippen LogP contribution in [0.25, 0.3) is 0 Å². The number of amides is 1. The lowest BCUT2D eigenvalue weighted by molar-refractivity contribution is -0.128. The van der Waals surface area contributed by atoms with Gasteiger partial charge in [0, 0.05) is 36.5 Å². The van der Waals surface area contributed by atoms with E-state index < -0.39 is 15.4 Å². The van der Waals surface area contributed by atoms with Crippen molar-refractivity contribution in [2.24, 2.45) is 5.41 Å². The zero-order valence-corrected chi connectivity index (χ0v) is 17.6. The van der Waals surface area contributed by atoms with E-state index in [9.17, 15) is 13.2 Å². The van der Waals surface area contributed by atoms with Gasteiger partial charge in [-0.05, 0) is 31.5 Å². The van der Waals surface area contributed by atoms with Crippen molar-refractivity contribution in [2.45, 2.75) is 43.9 Å². The van der Waals surface area contributed by atoms with Crippen molar-refractivity contribution in [2.75, 3.05) is 26.7 Å². The first kappa shape index (κ1) is 22.4. The van der Waals surface area contributed by atoms with Crippen molar-refractivity contribution in [3.05, 3.63) is 17.0 Å². The molecule has 2 N–H and O–H groups in total. The summed E-state index contributed by atoms with van der Waals surface area (Å²) in [6, 6.07) is 3.52. The number of carbonyl (C=O) groups excluding carboxylic acids is 1. The van der Waals surface area contributed by atoms with Crippen molar-refractivity contribution in [3.63, 3.8) is 0 Å². The Morgan fingerprint density at radius 3 is 2.64 bits per heavy atom. The van der Waals surface area contributed by atoms with Gasteiger partial charge in [0.25, 0.3) is 10.0 Å². The van der Waals surface area contributed by atoms with Crippen LogP contribution in [0.2, 0.25) is 0 Å². The molecule has 1 aliphatic heterocycles. The summed E-state index contributed by atoms with van der Waals surface area (Å²) >= 11 is 1.28. The number of thiophene rings is 1. The van der Waals surface area contributed by atoms with Crippen LogP contribution < -0.4 is 10.6 Å². The minimum absolute atomic E-state index is 0. The Bertz CT molecular complexity index is 677. The zero-order valence-electron chi connectivity index (χ0n) is 15.2. The molecule has 0 radical (unpaired) electrons. The summed E-state index contributed by atoms with van der Waals surface area (Å²) in [5.41, 5.74) is -0.415. The number of likely N-dealkylation sites (N-methyl/N-ethyl adjacent to an activating group) is 1. The number of carbonyl (C=O) groups is 1. The second kappa shape index (κ2) is 8.81. The number of hydrogen-bond acceptors (Lipinski definition) is 5. The molecule has 144 valence electrons. The summed E-state index contributed by atoms with van der Waals surface area (Å²) in [4.78, 5) is 12.8. The normalized spacial score (nSPS) is 18.2. The SMILES string of the molecule is CN(C1CCNC1)S(=O)(=O)c1ccc(CCNC(=O)C(C)(C)C)s1.Cl. The van der Waals surface area contributed by atoms with E-state index in [0.29, 0.717) is 23.7 Å². The van der Waals surface area contributed by atoms with E-state index >= 15 is 0 Å². The van der Waals surface area contributed by atoms with Gasteiger partial charge in [-0.15, -0.1) is 23.7 Å². The highest BCUT2D eigenvalue weighted by atomic mass is 35.5. The Morgan fingerprint density at radius 2 is 2.08 bits per heavy atom. The van der Waals surface area contributed by atoms with Crippen LogP contribution in [-0.4, -0.2) is 51.4 Å². The number of nitrogens with one attached hydrogen (secondary N) is 2. The fourth-order valence-electron chi connectivity index (χ4n) is 2.48. The minimum Gasteiger partial charge on any atom is -0.355 e. The van der Waals surface area contributed by atoms with E-state index in [-0.39, 0.29) is 24.4 Å². The van der Waals surface area contributed by atoms with E-state index in [4.69, 9.17) is 0 Å². The molecule has 1 unspecified atom stereocenters. The van der Waals surface area contributed by atoms with Crippen molar-refractivity contribution in [1.29, 1.82) is 0 Å². The highest BCUT2D eigenvalue weighted by molar-refractivity contribution is 7.91. The van der Waals surface area contributed by atoms with Gasteiger partial charge in [0.1, 0.15) is 4.21 Å². The molecule has 0 bridgehead atoms. The Hall–Kier alpha value is -0.670. The van der Waals surface area contributed by atoms with E-state index in [0.717, 1.165) is 17.8 Å². The third kappa shape index (κ3) is 5.65. The molecule has 0 aromatic carbocycles. The van der Waals surface area contributed by atoms with Crippen LogP contribution in [0.1, 0.15) is 32.1 Å². The summed E-state index contributed by atoms with van der Waals surface area (Å²) in [5, 5.41) is 6.08. The first-order valence-corrected chi connectivity index (χ1v) is 10.4. The van der Waals surface area contributed by atoms with E-state index in [1.807, 2.05) is 26.8 Å².